The van der Waals surface area contributed by atoms with E-state index < -0.39 is 5.67 Å². The van der Waals surface area contributed by atoms with Gasteiger partial charge in [0.1, 0.15) is 0 Å². The molecule has 0 spiro atoms. The quantitative estimate of drug-likeness (QED) is 0.854. The van der Waals surface area contributed by atoms with Crippen molar-refractivity contribution in [3.05, 3.63) is 34.1 Å². The Morgan fingerprint density at radius 2 is 2.45 bits per heavy atom. The summed E-state index contributed by atoms with van der Waals surface area (Å²) >= 11 is 1.45. The number of aromatic nitrogens is 2. The first-order valence-corrected chi connectivity index (χ1v) is 7.34. The van der Waals surface area contributed by atoms with Gasteiger partial charge in [0.2, 0.25) is 5.67 Å². The van der Waals surface area contributed by atoms with E-state index >= 15 is 0 Å². The maximum Gasteiger partial charge on any atom is 0.266 e. The van der Waals surface area contributed by atoms with Crippen LogP contribution in [0.15, 0.2) is 21.3 Å². The van der Waals surface area contributed by atoms with Crippen molar-refractivity contribution in [3.63, 3.8) is 0 Å². The molecule has 3 heterocycles. The first-order valence-electron chi connectivity index (χ1n) is 6.40. The maximum absolute atomic E-state index is 15.0. The molecular weight excluding hydrogens is 281 g/mol. The first kappa shape index (κ1) is 13.2. The summed E-state index contributed by atoms with van der Waals surface area (Å²) in [7, 11) is 0. The minimum Gasteiger partial charge on any atom is -0.336 e. The topological polar surface area (TPSA) is 59.2 Å². The predicted octanol–water partition coefficient (Wildman–Crippen LogP) is 2.54. The number of hydrogen-bond donors (Lipinski definition) is 0. The van der Waals surface area contributed by atoms with Crippen molar-refractivity contribution in [2.75, 3.05) is 13.1 Å². The van der Waals surface area contributed by atoms with Crippen LogP contribution in [-0.2, 0) is 5.67 Å². The van der Waals surface area contributed by atoms with Crippen LogP contribution in [0.25, 0.3) is 0 Å². The van der Waals surface area contributed by atoms with Gasteiger partial charge in [-0.05, 0) is 31.2 Å². The molecule has 1 amide bonds. The number of piperidine rings is 1. The normalized spacial score (nSPS) is 23.0. The fraction of sp³-hybridized carbons (Fsp3) is 0.462. The van der Waals surface area contributed by atoms with Gasteiger partial charge in [0.05, 0.1) is 12.1 Å². The molecule has 7 heteroatoms. The van der Waals surface area contributed by atoms with Crippen molar-refractivity contribution in [1.82, 2.24) is 15.0 Å². The van der Waals surface area contributed by atoms with Gasteiger partial charge >= 0.3 is 0 Å². The highest BCUT2D eigenvalue weighted by atomic mass is 32.1. The third-order valence-corrected chi connectivity index (χ3v) is 4.09. The van der Waals surface area contributed by atoms with Gasteiger partial charge < -0.3 is 9.42 Å². The highest BCUT2D eigenvalue weighted by Gasteiger charge is 2.43. The third kappa shape index (κ3) is 2.33. The number of hydrogen-bond acceptors (Lipinski definition) is 5. The van der Waals surface area contributed by atoms with Crippen molar-refractivity contribution in [2.24, 2.45) is 0 Å². The Balaban J connectivity index is 1.81. The minimum atomic E-state index is -1.74. The standard InChI is InChI=1S/C13H14FN3O2S/c1-9-15-12(19-16-9)13(14)4-2-5-17(8-13)11(18)10-3-6-20-7-10/h3,6-7H,2,4-5,8H2,1H3. The SMILES string of the molecule is Cc1noc(C2(F)CCCN(C(=O)c3ccsc3)C2)n1. The average Bonchev–Trinajstić information content (AvgIpc) is 3.09. The van der Waals surface area contributed by atoms with E-state index in [0.717, 1.165) is 0 Å². The molecule has 5 nitrogen and oxygen atoms in total. The van der Waals surface area contributed by atoms with E-state index in [1.54, 1.807) is 18.4 Å². The van der Waals surface area contributed by atoms with Crippen molar-refractivity contribution in [3.8, 4) is 0 Å². The molecule has 2 aromatic rings. The highest BCUT2D eigenvalue weighted by molar-refractivity contribution is 7.08. The first-order chi connectivity index (χ1) is 9.58. The lowest BCUT2D eigenvalue weighted by Gasteiger charge is -2.34. The molecule has 20 heavy (non-hydrogen) atoms. The van der Waals surface area contributed by atoms with Crippen LogP contribution in [0, 0.1) is 6.92 Å². The Hall–Kier alpha value is -1.76. The van der Waals surface area contributed by atoms with E-state index in [9.17, 15) is 9.18 Å². The Morgan fingerprint density at radius 1 is 1.60 bits per heavy atom. The number of aryl methyl sites for hydroxylation is 1. The van der Waals surface area contributed by atoms with Gasteiger partial charge in [-0.2, -0.15) is 16.3 Å². The number of nitrogens with zero attached hydrogens (tertiary/aromatic N) is 3. The van der Waals surface area contributed by atoms with E-state index in [4.69, 9.17) is 4.52 Å². The molecule has 2 aromatic heterocycles. The second kappa shape index (κ2) is 4.97. The zero-order valence-corrected chi connectivity index (χ0v) is 11.8. The van der Waals surface area contributed by atoms with E-state index in [-0.39, 0.29) is 18.3 Å². The lowest BCUT2D eigenvalue weighted by molar-refractivity contribution is 0.0153. The molecular formula is C13H14FN3O2S. The number of alkyl halides is 1. The molecule has 1 atom stereocenters. The lowest BCUT2D eigenvalue weighted by atomic mass is 9.94. The molecule has 0 bridgehead atoms. The van der Waals surface area contributed by atoms with E-state index in [1.807, 2.05) is 5.38 Å². The van der Waals surface area contributed by atoms with E-state index in [2.05, 4.69) is 10.1 Å². The molecule has 106 valence electrons. The zero-order valence-electron chi connectivity index (χ0n) is 11.0. The minimum absolute atomic E-state index is 0.0298. The molecule has 1 fully saturated rings. The van der Waals surface area contributed by atoms with Crippen LogP contribution in [0.2, 0.25) is 0 Å². The summed E-state index contributed by atoms with van der Waals surface area (Å²) in [6.45, 7) is 2.16. The van der Waals surface area contributed by atoms with Gasteiger partial charge in [-0.1, -0.05) is 5.16 Å². The van der Waals surface area contributed by atoms with Crippen LogP contribution < -0.4 is 0 Å². The second-order valence-corrected chi connectivity index (χ2v) is 5.73. The Morgan fingerprint density at radius 3 is 3.10 bits per heavy atom. The summed E-state index contributed by atoms with van der Waals surface area (Å²) in [5, 5.41) is 7.24. The number of likely N-dealkylation sites (tertiary alicyclic amines) is 1. The van der Waals surface area contributed by atoms with Gasteiger partial charge in [0.25, 0.3) is 11.8 Å². The fourth-order valence-corrected chi connectivity index (χ4v) is 3.04. The molecule has 0 aromatic carbocycles. The number of carbonyl (C=O) groups excluding carboxylic acids is 1. The smallest absolute Gasteiger partial charge is 0.266 e. The highest BCUT2D eigenvalue weighted by Crippen LogP contribution is 2.35. The maximum atomic E-state index is 15.0. The summed E-state index contributed by atoms with van der Waals surface area (Å²) in [4.78, 5) is 17.8. The zero-order chi connectivity index (χ0) is 14.2. The van der Waals surface area contributed by atoms with E-state index in [1.165, 1.54) is 16.2 Å². The molecule has 1 aliphatic rings. The Bertz CT molecular complexity index is 613. The van der Waals surface area contributed by atoms with Gasteiger partial charge in [-0.15, -0.1) is 0 Å². The molecule has 1 aliphatic heterocycles. The molecule has 0 aliphatic carbocycles. The van der Waals surface area contributed by atoms with Gasteiger partial charge in [-0.25, -0.2) is 4.39 Å². The molecule has 0 N–H and O–H groups in total. The number of amides is 1. The molecule has 0 saturated carbocycles. The van der Waals surface area contributed by atoms with Crippen LogP contribution >= 0.6 is 11.3 Å². The predicted molar refractivity (Wildman–Crippen MR) is 71.3 cm³/mol. The average molecular weight is 295 g/mol. The van der Waals surface area contributed by atoms with Crippen molar-refractivity contribution >= 4 is 17.2 Å². The van der Waals surface area contributed by atoms with Gasteiger partial charge in [0.15, 0.2) is 5.82 Å². The van der Waals surface area contributed by atoms with Crippen molar-refractivity contribution in [1.29, 1.82) is 0 Å². The van der Waals surface area contributed by atoms with Crippen LogP contribution in [0.3, 0.4) is 0 Å². The van der Waals surface area contributed by atoms with Crippen molar-refractivity contribution in [2.45, 2.75) is 25.4 Å². The summed E-state index contributed by atoms with van der Waals surface area (Å²) in [6, 6.07) is 1.75. The molecule has 1 unspecified atom stereocenters. The molecule has 1 saturated heterocycles. The Kier molecular flexibility index (Phi) is 3.29. The van der Waals surface area contributed by atoms with Gasteiger partial charge in [-0.3, -0.25) is 4.79 Å². The fourth-order valence-electron chi connectivity index (χ4n) is 2.41. The number of thiophene rings is 1. The van der Waals surface area contributed by atoms with Crippen LogP contribution in [0.4, 0.5) is 4.39 Å². The Labute approximate surface area is 119 Å². The molecule has 3 rings (SSSR count). The third-order valence-electron chi connectivity index (χ3n) is 3.41. The summed E-state index contributed by atoms with van der Waals surface area (Å²) < 4.78 is 19.9. The summed E-state index contributed by atoms with van der Waals surface area (Å²) in [5.74, 6) is 0.223. The van der Waals surface area contributed by atoms with Crippen LogP contribution in [0.1, 0.15) is 34.9 Å². The van der Waals surface area contributed by atoms with Crippen LogP contribution in [-0.4, -0.2) is 34.0 Å². The van der Waals surface area contributed by atoms with Crippen LogP contribution in [0.5, 0.6) is 0 Å². The summed E-state index contributed by atoms with van der Waals surface area (Å²) in [5.41, 5.74) is -1.15. The number of halogens is 1. The van der Waals surface area contributed by atoms with Crippen molar-refractivity contribution < 1.29 is 13.7 Å². The van der Waals surface area contributed by atoms with Gasteiger partial charge in [0, 0.05) is 11.9 Å². The monoisotopic (exact) mass is 295 g/mol. The van der Waals surface area contributed by atoms with E-state index in [0.29, 0.717) is 30.8 Å². The lowest BCUT2D eigenvalue weighted by Crippen LogP contribution is -2.46. The summed E-state index contributed by atoms with van der Waals surface area (Å²) in [6.07, 6.45) is 0.871. The number of rotatable bonds is 2. The largest absolute Gasteiger partial charge is 0.336 e. The molecule has 0 radical (unpaired) electrons. The second-order valence-electron chi connectivity index (χ2n) is 4.95. The number of carbonyl (C=O) groups is 1.